The average molecular weight is 338 g/mol. The van der Waals surface area contributed by atoms with E-state index in [0.717, 1.165) is 15.8 Å². The largest absolute Gasteiger partial charge is 0.335 e. The smallest absolute Gasteiger partial charge is 0.246 e. The van der Waals surface area contributed by atoms with Crippen LogP contribution in [0.3, 0.4) is 0 Å². The second-order valence-electron chi connectivity index (χ2n) is 5.06. The number of carbonyl (C=O) groups is 1. The van der Waals surface area contributed by atoms with Crippen LogP contribution in [0.2, 0.25) is 0 Å². The quantitative estimate of drug-likeness (QED) is 0.801. The molecule has 2 aliphatic heterocycles. The fourth-order valence-corrected chi connectivity index (χ4v) is 2.62. The first kappa shape index (κ1) is 15.1. The molecule has 0 aromatic heterocycles. The van der Waals surface area contributed by atoms with E-state index < -0.39 is 0 Å². The highest BCUT2D eigenvalue weighted by Crippen LogP contribution is 2.24. The summed E-state index contributed by atoms with van der Waals surface area (Å²) in [5.74, 6) is 0.0721. The lowest BCUT2D eigenvalue weighted by atomic mass is 10.1. The van der Waals surface area contributed by atoms with Gasteiger partial charge >= 0.3 is 0 Å². The fourth-order valence-electron chi connectivity index (χ4n) is 2.28. The maximum Gasteiger partial charge on any atom is 0.246 e. The number of nitrogens with one attached hydrogen (secondary N) is 1. The summed E-state index contributed by atoms with van der Waals surface area (Å²) in [5, 5.41) is 1.87. The van der Waals surface area contributed by atoms with E-state index in [4.69, 9.17) is 0 Å². The molecule has 2 atom stereocenters. The molecule has 0 radical (unpaired) electrons. The number of carbonyl (C=O) groups excluding carboxylic acids is 1. The van der Waals surface area contributed by atoms with Gasteiger partial charge in [-0.15, -0.1) is 0 Å². The summed E-state index contributed by atoms with van der Waals surface area (Å²) < 4.78 is 0.970. The van der Waals surface area contributed by atoms with Crippen molar-refractivity contribution < 1.29 is 4.79 Å². The van der Waals surface area contributed by atoms with Crippen molar-refractivity contribution in [3.05, 3.63) is 46.8 Å². The number of fused-ring (bicyclic) bond motifs is 1. The van der Waals surface area contributed by atoms with Gasteiger partial charge < -0.3 is 4.90 Å². The van der Waals surface area contributed by atoms with Gasteiger partial charge in [0.05, 0.1) is 5.70 Å². The second-order valence-corrected chi connectivity index (χ2v) is 5.98. The Balaban J connectivity index is 2.14. The molecule has 0 fully saturated rings. The van der Waals surface area contributed by atoms with E-state index in [9.17, 15) is 4.79 Å². The van der Waals surface area contributed by atoms with Crippen LogP contribution in [0.25, 0.3) is 0 Å². The van der Waals surface area contributed by atoms with E-state index in [1.807, 2.05) is 55.1 Å². The molecule has 0 saturated carbocycles. The average Bonchev–Trinajstić information content (AvgIpc) is 2.81. The zero-order chi connectivity index (χ0) is 14.9. The zero-order valence-electron chi connectivity index (χ0n) is 12.1. The Hall–Kier alpha value is -1.33. The van der Waals surface area contributed by atoms with E-state index >= 15 is 0 Å². The summed E-state index contributed by atoms with van der Waals surface area (Å²) >= 11 is 3.43. The Kier molecular flexibility index (Phi) is 4.50. The minimum atomic E-state index is -0.328. The second kappa shape index (κ2) is 5.97. The number of halogens is 1. The monoisotopic (exact) mass is 337 g/mol. The van der Waals surface area contributed by atoms with Crippen LogP contribution in [0.1, 0.15) is 20.8 Å². The summed E-state index contributed by atoms with van der Waals surface area (Å²) in [7, 11) is 0. The van der Waals surface area contributed by atoms with E-state index in [-0.39, 0.29) is 18.0 Å². The normalized spacial score (nSPS) is 22.0. The van der Waals surface area contributed by atoms with Gasteiger partial charge in [0, 0.05) is 23.3 Å². The number of hydrazine groups is 1. The molecular weight excluding hydrogens is 318 g/mol. The van der Waals surface area contributed by atoms with Gasteiger partial charge in [0.2, 0.25) is 5.91 Å². The van der Waals surface area contributed by atoms with Crippen molar-refractivity contribution in [2.75, 3.05) is 6.54 Å². The van der Waals surface area contributed by atoms with Crippen molar-refractivity contribution in [3.8, 4) is 0 Å². The third-order valence-electron chi connectivity index (χ3n) is 3.63. The van der Waals surface area contributed by atoms with Crippen molar-refractivity contribution in [1.29, 1.82) is 0 Å². The van der Waals surface area contributed by atoms with Crippen LogP contribution in [-0.4, -0.2) is 34.4 Å². The highest BCUT2D eigenvalue weighted by molar-refractivity contribution is 9.11. The standard InChI is InChI=1S/C15H20BrN3O/c1-5-18(11(4)10(2)3)15(20)14-8-13-7-6-12(16)9-19(13)17-14/h6-9,11,14,17H,2,5H2,1,3-4H3. The zero-order valence-corrected chi connectivity index (χ0v) is 13.6. The van der Waals surface area contributed by atoms with E-state index in [0.29, 0.717) is 6.54 Å². The van der Waals surface area contributed by atoms with Gasteiger partial charge in [-0.25, -0.2) is 5.43 Å². The number of hydrogen-bond donors (Lipinski definition) is 1. The number of allylic oxidation sites excluding steroid dienone is 3. The van der Waals surface area contributed by atoms with E-state index in [1.165, 1.54) is 0 Å². The first-order valence-electron chi connectivity index (χ1n) is 6.72. The van der Waals surface area contributed by atoms with Crippen LogP contribution in [-0.2, 0) is 4.79 Å². The van der Waals surface area contributed by atoms with Gasteiger partial charge in [0.25, 0.3) is 0 Å². The molecular formula is C15H20BrN3O. The molecule has 0 aromatic rings. The summed E-state index contributed by atoms with van der Waals surface area (Å²) in [6.45, 7) is 10.6. The Labute approximate surface area is 128 Å². The lowest BCUT2D eigenvalue weighted by Gasteiger charge is -2.31. The van der Waals surface area contributed by atoms with Crippen LogP contribution in [0.4, 0.5) is 0 Å². The van der Waals surface area contributed by atoms with Crippen molar-refractivity contribution in [3.63, 3.8) is 0 Å². The summed E-state index contributed by atoms with van der Waals surface area (Å²) in [6.07, 6.45) is 7.80. The Morgan fingerprint density at radius 3 is 2.90 bits per heavy atom. The fraction of sp³-hybridized carbons (Fsp3) is 0.400. The number of hydrogen-bond acceptors (Lipinski definition) is 3. The molecule has 2 unspecified atom stereocenters. The summed E-state index contributed by atoms with van der Waals surface area (Å²) in [6, 6.07) is -0.283. The van der Waals surface area contributed by atoms with Crippen molar-refractivity contribution in [1.82, 2.24) is 15.3 Å². The molecule has 2 rings (SSSR count). The van der Waals surface area contributed by atoms with E-state index in [2.05, 4.69) is 27.9 Å². The predicted octanol–water partition coefficient (Wildman–Crippen LogP) is 2.68. The molecule has 0 aliphatic carbocycles. The first-order valence-corrected chi connectivity index (χ1v) is 7.51. The highest BCUT2D eigenvalue weighted by Gasteiger charge is 2.31. The van der Waals surface area contributed by atoms with Crippen LogP contribution in [0.5, 0.6) is 0 Å². The maximum absolute atomic E-state index is 12.6. The van der Waals surface area contributed by atoms with Gasteiger partial charge in [0.1, 0.15) is 6.04 Å². The van der Waals surface area contributed by atoms with Gasteiger partial charge in [-0.1, -0.05) is 12.2 Å². The highest BCUT2D eigenvalue weighted by atomic mass is 79.9. The molecule has 0 aromatic carbocycles. The number of likely N-dealkylation sites (N-methyl/N-ethyl adjacent to an activating group) is 1. The number of rotatable bonds is 4. The summed E-state index contributed by atoms with van der Waals surface area (Å²) in [5.41, 5.74) is 5.18. The molecule has 5 heteroatoms. The van der Waals surface area contributed by atoms with Gasteiger partial charge in [-0.3, -0.25) is 9.80 Å². The maximum atomic E-state index is 12.6. The minimum Gasteiger partial charge on any atom is -0.335 e. The van der Waals surface area contributed by atoms with Gasteiger partial charge in [-0.2, -0.15) is 0 Å². The van der Waals surface area contributed by atoms with Crippen LogP contribution < -0.4 is 5.43 Å². The Bertz CT molecular complexity index is 521. The third kappa shape index (κ3) is 2.88. The van der Waals surface area contributed by atoms with Crippen molar-refractivity contribution in [2.45, 2.75) is 32.9 Å². The molecule has 1 amide bonds. The molecule has 108 valence electrons. The predicted molar refractivity (Wildman–Crippen MR) is 84.7 cm³/mol. The van der Waals surface area contributed by atoms with Gasteiger partial charge in [0.15, 0.2) is 0 Å². The third-order valence-corrected chi connectivity index (χ3v) is 4.10. The minimum absolute atomic E-state index is 0.0446. The van der Waals surface area contributed by atoms with Gasteiger partial charge in [-0.05, 0) is 54.9 Å². The van der Waals surface area contributed by atoms with Crippen LogP contribution in [0, 0.1) is 0 Å². The molecule has 1 N–H and O–H groups in total. The number of amides is 1. The SMILES string of the molecule is C=C(C)C(C)N(CC)C(=O)C1C=C2C=CC(Br)=CN2N1. The molecule has 2 aliphatic rings. The molecule has 0 bridgehead atoms. The van der Waals surface area contributed by atoms with E-state index in [1.54, 1.807) is 0 Å². The topological polar surface area (TPSA) is 35.6 Å². The molecule has 0 spiro atoms. The van der Waals surface area contributed by atoms with Crippen LogP contribution in [0.15, 0.2) is 46.8 Å². The summed E-state index contributed by atoms with van der Waals surface area (Å²) in [4.78, 5) is 14.5. The molecule has 4 nitrogen and oxygen atoms in total. The van der Waals surface area contributed by atoms with Crippen LogP contribution >= 0.6 is 15.9 Å². The van der Waals surface area contributed by atoms with Crippen molar-refractivity contribution in [2.24, 2.45) is 0 Å². The first-order chi connectivity index (χ1) is 9.43. The molecule has 20 heavy (non-hydrogen) atoms. The lowest BCUT2D eigenvalue weighted by Crippen LogP contribution is -2.49. The Morgan fingerprint density at radius 1 is 1.60 bits per heavy atom. The number of nitrogens with zero attached hydrogens (tertiary/aromatic N) is 2. The van der Waals surface area contributed by atoms with Crippen molar-refractivity contribution >= 4 is 21.8 Å². The molecule has 2 heterocycles. The molecule has 0 saturated heterocycles. The Morgan fingerprint density at radius 2 is 2.30 bits per heavy atom. The lowest BCUT2D eigenvalue weighted by molar-refractivity contribution is -0.133.